The average molecular weight is 602 g/mol. The predicted molar refractivity (Wildman–Crippen MR) is 153 cm³/mol. The Balaban J connectivity index is 0.00000220. The van der Waals surface area contributed by atoms with Crippen molar-refractivity contribution in [3.8, 4) is 17.3 Å². The van der Waals surface area contributed by atoms with Gasteiger partial charge in [0.15, 0.2) is 11.5 Å². The number of alkyl halides is 3. The molecule has 0 radical (unpaired) electrons. The van der Waals surface area contributed by atoms with Gasteiger partial charge in [0.05, 0.1) is 6.61 Å². The van der Waals surface area contributed by atoms with E-state index >= 15 is 0 Å². The number of ether oxygens (including phenoxy) is 2. The second-order valence-corrected chi connectivity index (χ2v) is 9.97. The van der Waals surface area contributed by atoms with Crippen LogP contribution >= 0.6 is 24.8 Å². The summed E-state index contributed by atoms with van der Waals surface area (Å²) in [6, 6.07) is 10.7. The molecular weight excluding hydrogens is 568 g/mol. The predicted octanol–water partition coefficient (Wildman–Crippen LogP) is 5.44. The van der Waals surface area contributed by atoms with E-state index in [2.05, 4.69) is 10.2 Å². The number of hydrogen-bond acceptors (Lipinski definition) is 7. The highest BCUT2D eigenvalue weighted by Crippen LogP contribution is 2.40. The summed E-state index contributed by atoms with van der Waals surface area (Å²) in [5.74, 6) is 0.946. The first kappa shape index (κ1) is 31.8. The first-order valence-corrected chi connectivity index (χ1v) is 12.5. The number of fused-ring (bicyclic) bond motifs is 2. The van der Waals surface area contributed by atoms with E-state index < -0.39 is 12.2 Å². The molecule has 1 aliphatic rings. The second-order valence-electron chi connectivity index (χ2n) is 9.97. The van der Waals surface area contributed by atoms with Crippen LogP contribution < -0.4 is 4.74 Å². The van der Waals surface area contributed by atoms with E-state index in [0.717, 1.165) is 5.39 Å². The largest absolute Gasteiger partial charge is 0.486 e. The molecule has 1 fully saturated rings. The molecule has 13 heteroatoms. The molecule has 40 heavy (non-hydrogen) atoms. The number of nitrogens with zero attached hydrogens (tertiary/aromatic N) is 6. The molecule has 0 aliphatic carbocycles. The summed E-state index contributed by atoms with van der Waals surface area (Å²) >= 11 is 0. The molecule has 4 heterocycles. The third-order valence-electron chi connectivity index (χ3n) is 6.98. The van der Waals surface area contributed by atoms with Crippen LogP contribution in [-0.2, 0) is 4.74 Å². The molecule has 0 amide bonds. The van der Waals surface area contributed by atoms with E-state index in [0.29, 0.717) is 54.5 Å². The van der Waals surface area contributed by atoms with Gasteiger partial charge in [0.1, 0.15) is 29.1 Å². The fourth-order valence-corrected chi connectivity index (χ4v) is 5.10. The molecule has 1 aliphatic heterocycles. The van der Waals surface area contributed by atoms with Gasteiger partial charge in [-0.05, 0) is 51.2 Å². The minimum absolute atomic E-state index is 0. The van der Waals surface area contributed by atoms with E-state index in [4.69, 9.17) is 14.5 Å². The van der Waals surface area contributed by atoms with E-state index in [1.807, 2.05) is 50.2 Å². The van der Waals surface area contributed by atoms with Gasteiger partial charge in [-0.3, -0.25) is 9.30 Å². The zero-order valence-electron chi connectivity index (χ0n) is 22.6. The minimum atomic E-state index is -4.44. The molecule has 8 nitrogen and oxygen atoms in total. The number of benzene rings is 1. The molecule has 1 aromatic carbocycles. The molecule has 0 unspecified atom stereocenters. The lowest BCUT2D eigenvalue weighted by Gasteiger charge is -2.30. The highest BCUT2D eigenvalue weighted by molar-refractivity contribution is 5.86. The Morgan fingerprint density at radius 2 is 1.85 bits per heavy atom. The Labute approximate surface area is 243 Å². The molecular formula is C27H33Cl2F3N6O2. The van der Waals surface area contributed by atoms with Gasteiger partial charge in [-0.25, -0.2) is 4.98 Å². The van der Waals surface area contributed by atoms with Crippen molar-refractivity contribution in [2.75, 3.05) is 40.9 Å². The summed E-state index contributed by atoms with van der Waals surface area (Å²) in [5, 5.41) is 9.33. The van der Waals surface area contributed by atoms with E-state index in [9.17, 15) is 13.2 Å². The number of para-hydroxylation sites is 1. The summed E-state index contributed by atoms with van der Waals surface area (Å²) in [6.07, 6.45) is -2.45. The van der Waals surface area contributed by atoms with Gasteiger partial charge < -0.3 is 14.4 Å². The van der Waals surface area contributed by atoms with Crippen LogP contribution in [0.3, 0.4) is 0 Å². The highest BCUT2D eigenvalue weighted by Gasteiger charge is 2.47. The highest BCUT2D eigenvalue weighted by atomic mass is 35.5. The van der Waals surface area contributed by atoms with Crippen LogP contribution in [0.1, 0.15) is 24.9 Å². The van der Waals surface area contributed by atoms with E-state index in [-0.39, 0.29) is 42.5 Å². The normalized spacial score (nSPS) is 17.6. The molecule has 4 aromatic rings. The van der Waals surface area contributed by atoms with Crippen molar-refractivity contribution in [2.24, 2.45) is 0 Å². The summed E-state index contributed by atoms with van der Waals surface area (Å²) in [5.41, 5.74) is 1.69. The van der Waals surface area contributed by atoms with Crippen molar-refractivity contribution >= 4 is 41.4 Å². The fourth-order valence-electron chi connectivity index (χ4n) is 5.10. The average Bonchev–Trinajstić information content (AvgIpc) is 3.51. The lowest BCUT2D eigenvalue weighted by Crippen LogP contribution is -2.39. The Morgan fingerprint density at radius 3 is 2.52 bits per heavy atom. The summed E-state index contributed by atoms with van der Waals surface area (Å²) in [7, 11) is 5.41. The third-order valence-corrected chi connectivity index (χ3v) is 6.98. The van der Waals surface area contributed by atoms with Crippen molar-refractivity contribution in [1.29, 1.82) is 0 Å². The summed E-state index contributed by atoms with van der Waals surface area (Å²) < 4.78 is 55.9. The number of halogens is 5. The zero-order chi connectivity index (χ0) is 27.0. The molecule has 218 valence electrons. The number of hydrogen-bond donors (Lipinski definition) is 0. The van der Waals surface area contributed by atoms with Crippen molar-refractivity contribution in [3.63, 3.8) is 0 Å². The first-order chi connectivity index (χ1) is 18.2. The van der Waals surface area contributed by atoms with Crippen LogP contribution in [-0.4, -0.2) is 88.6 Å². The van der Waals surface area contributed by atoms with Crippen LogP contribution in [0.4, 0.5) is 13.2 Å². The van der Waals surface area contributed by atoms with Gasteiger partial charge in [0, 0.05) is 37.8 Å². The number of pyridine rings is 2. The van der Waals surface area contributed by atoms with Gasteiger partial charge in [-0.15, -0.1) is 35.0 Å². The maximum Gasteiger partial charge on any atom is 0.408 e. The molecule has 0 N–H and O–H groups in total. The van der Waals surface area contributed by atoms with Crippen molar-refractivity contribution in [2.45, 2.75) is 37.7 Å². The zero-order valence-corrected chi connectivity index (χ0v) is 24.3. The third kappa shape index (κ3) is 6.44. The van der Waals surface area contributed by atoms with Crippen molar-refractivity contribution < 1.29 is 22.6 Å². The fraction of sp³-hybridized carbons (Fsp3) is 0.444. The molecule has 3 aromatic heterocycles. The van der Waals surface area contributed by atoms with Crippen molar-refractivity contribution in [3.05, 3.63) is 54.2 Å². The second kappa shape index (κ2) is 12.9. The topological polar surface area (TPSA) is 68.0 Å². The number of likely N-dealkylation sites (tertiary alicyclic amines) is 1. The van der Waals surface area contributed by atoms with E-state index in [1.165, 1.54) is 17.2 Å². The van der Waals surface area contributed by atoms with Gasteiger partial charge >= 0.3 is 6.18 Å². The summed E-state index contributed by atoms with van der Waals surface area (Å²) in [6.45, 7) is 3.04. The van der Waals surface area contributed by atoms with Crippen LogP contribution in [0, 0.1) is 0 Å². The monoisotopic (exact) mass is 600 g/mol. The Kier molecular flexibility index (Phi) is 10.2. The van der Waals surface area contributed by atoms with Gasteiger partial charge in [-0.2, -0.15) is 13.2 Å². The first-order valence-electron chi connectivity index (χ1n) is 12.5. The van der Waals surface area contributed by atoms with Crippen LogP contribution in [0.25, 0.3) is 28.1 Å². The molecule has 3 atom stereocenters. The van der Waals surface area contributed by atoms with Crippen molar-refractivity contribution in [1.82, 2.24) is 29.4 Å². The SMILES string of the molecule is COC[C@@H](C)Oc1cccc2ccc(-c3nnc4ccc([C@@H](N5CC[C@H](N(C)C)C5)C(F)(F)F)cn34)nc12.Cl.Cl. The quantitative estimate of drug-likeness (QED) is 0.267. The number of rotatable bonds is 8. The number of likely N-dealkylation sites (N-methyl/N-ethyl adjacent to an activating group) is 1. The maximum absolute atomic E-state index is 14.4. The van der Waals surface area contributed by atoms with Gasteiger partial charge in [-0.1, -0.05) is 24.3 Å². The minimum Gasteiger partial charge on any atom is -0.486 e. The Hall–Kier alpha value is -2.70. The Morgan fingerprint density at radius 1 is 1.07 bits per heavy atom. The lowest BCUT2D eigenvalue weighted by atomic mass is 10.1. The molecule has 5 rings (SSSR count). The van der Waals surface area contributed by atoms with Gasteiger partial charge in [0.2, 0.25) is 0 Å². The molecule has 0 saturated carbocycles. The summed E-state index contributed by atoms with van der Waals surface area (Å²) in [4.78, 5) is 8.27. The Bertz CT molecular complexity index is 1430. The number of methoxy groups -OCH3 is 1. The molecule has 0 spiro atoms. The maximum atomic E-state index is 14.4. The van der Waals surface area contributed by atoms with Crippen LogP contribution in [0.2, 0.25) is 0 Å². The standard InChI is InChI=1S/C27H31F3N6O2.2ClH/c1-17(16-37-4)38-22-7-5-6-18-8-10-21(31-24(18)22)26-33-32-23-11-9-19(14-36(23)26)25(27(28,29)30)35-13-12-20(15-35)34(2)3;;/h5-11,14,17,20,25H,12-13,15-16H2,1-4H3;2*1H/t17-,20+,25-;;/m1../s1. The van der Waals surface area contributed by atoms with Crippen LogP contribution in [0.15, 0.2) is 48.7 Å². The van der Waals surface area contributed by atoms with Gasteiger partial charge in [0.25, 0.3) is 0 Å². The number of aromatic nitrogens is 4. The van der Waals surface area contributed by atoms with Crippen LogP contribution in [0.5, 0.6) is 5.75 Å². The lowest BCUT2D eigenvalue weighted by molar-refractivity contribution is -0.184. The molecule has 1 saturated heterocycles. The molecule has 0 bridgehead atoms. The smallest absolute Gasteiger partial charge is 0.408 e. The van der Waals surface area contributed by atoms with E-state index in [1.54, 1.807) is 23.6 Å².